The first-order valence-electron chi connectivity index (χ1n) is 5.92. The summed E-state index contributed by atoms with van der Waals surface area (Å²) in [5.41, 5.74) is 0.960. The molecule has 0 saturated carbocycles. The van der Waals surface area contributed by atoms with Crippen LogP contribution in [0.3, 0.4) is 0 Å². The molecule has 0 spiro atoms. The molecule has 0 bridgehead atoms. The molecule has 0 aliphatic heterocycles. The van der Waals surface area contributed by atoms with Crippen LogP contribution in [0.25, 0.3) is 0 Å². The van der Waals surface area contributed by atoms with Gasteiger partial charge in [-0.1, -0.05) is 29.8 Å². The van der Waals surface area contributed by atoms with Crippen LogP contribution in [0.5, 0.6) is 0 Å². The zero-order valence-electron chi connectivity index (χ0n) is 10.2. The lowest BCUT2D eigenvalue weighted by atomic mass is 10.1. The fourth-order valence-electron chi connectivity index (χ4n) is 1.64. The average molecular weight is 280 g/mol. The van der Waals surface area contributed by atoms with Gasteiger partial charge in [-0.15, -0.1) is 0 Å². The maximum atomic E-state index is 12.0. The Balaban J connectivity index is 2.25. The van der Waals surface area contributed by atoms with Gasteiger partial charge in [0.2, 0.25) is 0 Å². The van der Waals surface area contributed by atoms with E-state index < -0.39 is 12.6 Å². The van der Waals surface area contributed by atoms with Crippen molar-refractivity contribution in [2.24, 2.45) is 0 Å². The van der Waals surface area contributed by atoms with Crippen LogP contribution in [-0.2, 0) is 6.54 Å². The Morgan fingerprint density at radius 2 is 1.94 bits per heavy atom. The van der Waals surface area contributed by atoms with Crippen LogP contribution in [0.2, 0.25) is 5.02 Å². The summed E-state index contributed by atoms with van der Waals surface area (Å²) in [6.07, 6.45) is -4.11. The van der Waals surface area contributed by atoms with Crippen LogP contribution in [-0.4, -0.2) is 12.2 Å². The molecule has 102 valence electrons. The molecule has 1 nitrogen and oxygen atoms in total. The lowest BCUT2D eigenvalue weighted by molar-refractivity contribution is -0.135. The molecule has 0 saturated heterocycles. The second-order valence-electron chi connectivity index (χ2n) is 4.38. The molecule has 1 aromatic carbocycles. The molecule has 0 aliphatic carbocycles. The van der Waals surface area contributed by atoms with Gasteiger partial charge in [0.05, 0.1) is 0 Å². The zero-order chi connectivity index (χ0) is 13.6. The van der Waals surface area contributed by atoms with Crippen molar-refractivity contribution in [3.8, 4) is 0 Å². The van der Waals surface area contributed by atoms with E-state index in [1.165, 1.54) is 0 Å². The van der Waals surface area contributed by atoms with Gasteiger partial charge in [0, 0.05) is 24.0 Å². The van der Waals surface area contributed by atoms with Crippen molar-refractivity contribution >= 4 is 11.6 Å². The minimum Gasteiger partial charge on any atom is -0.310 e. The van der Waals surface area contributed by atoms with E-state index >= 15 is 0 Å². The Labute approximate surface area is 110 Å². The number of hydrogen-bond acceptors (Lipinski definition) is 1. The second kappa shape index (κ2) is 7.00. The van der Waals surface area contributed by atoms with E-state index in [-0.39, 0.29) is 12.5 Å². The molecule has 0 heterocycles. The first kappa shape index (κ1) is 15.3. The van der Waals surface area contributed by atoms with E-state index in [1.807, 2.05) is 25.1 Å². The van der Waals surface area contributed by atoms with E-state index in [1.54, 1.807) is 6.07 Å². The summed E-state index contributed by atoms with van der Waals surface area (Å²) < 4.78 is 35.9. The Bertz CT molecular complexity index is 365. The molecule has 1 N–H and O–H groups in total. The summed E-state index contributed by atoms with van der Waals surface area (Å²) in [6.45, 7) is 2.46. The van der Waals surface area contributed by atoms with E-state index in [9.17, 15) is 13.2 Å². The van der Waals surface area contributed by atoms with Crippen molar-refractivity contribution in [1.29, 1.82) is 0 Å². The van der Waals surface area contributed by atoms with E-state index in [0.29, 0.717) is 18.0 Å². The maximum absolute atomic E-state index is 12.0. The highest BCUT2D eigenvalue weighted by Gasteiger charge is 2.26. The van der Waals surface area contributed by atoms with Gasteiger partial charge in [0.25, 0.3) is 0 Å². The zero-order valence-corrected chi connectivity index (χ0v) is 11.0. The highest BCUT2D eigenvalue weighted by atomic mass is 35.5. The number of hydrogen-bond donors (Lipinski definition) is 1. The Kier molecular flexibility index (Phi) is 5.96. The normalized spacial score (nSPS) is 13.6. The average Bonchev–Trinajstić information content (AvgIpc) is 2.26. The van der Waals surface area contributed by atoms with Crippen LogP contribution < -0.4 is 5.32 Å². The van der Waals surface area contributed by atoms with Crippen molar-refractivity contribution in [1.82, 2.24) is 5.32 Å². The minimum absolute atomic E-state index is 0.0450. The smallest absolute Gasteiger partial charge is 0.310 e. The van der Waals surface area contributed by atoms with Crippen LogP contribution in [0, 0.1) is 0 Å². The lowest BCUT2D eigenvalue weighted by Crippen LogP contribution is -2.26. The predicted octanol–water partition coefficient (Wildman–Crippen LogP) is 4.55. The molecule has 1 rings (SSSR count). The van der Waals surface area contributed by atoms with Crippen molar-refractivity contribution in [2.45, 2.75) is 44.9 Å². The third kappa shape index (κ3) is 6.26. The fraction of sp³-hybridized carbons (Fsp3) is 0.538. The Hall–Kier alpha value is -0.740. The monoisotopic (exact) mass is 279 g/mol. The number of nitrogens with one attached hydrogen (secondary N) is 1. The van der Waals surface area contributed by atoms with E-state index in [4.69, 9.17) is 11.6 Å². The van der Waals surface area contributed by atoms with Crippen LogP contribution in [0.1, 0.15) is 31.7 Å². The summed E-state index contributed by atoms with van der Waals surface area (Å²) in [4.78, 5) is 0. The van der Waals surface area contributed by atoms with Crippen molar-refractivity contribution in [3.63, 3.8) is 0 Å². The molecule has 0 amide bonds. The van der Waals surface area contributed by atoms with Crippen molar-refractivity contribution < 1.29 is 13.2 Å². The quantitative estimate of drug-likeness (QED) is 0.805. The van der Waals surface area contributed by atoms with E-state index in [0.717, 1.165) is 5.56 Å². The fourth-order valence-corrected chi connectivity index (χ4v) is 1.84. The highest BCUT2D eigenvalue weighted by molar-refractivity contribution is 6.31. The first-order chi connectivity index (χ1) is 8.38. The molecular formula is C13H17ClF3N. The van der Waals surface area contributed by atoms with Crippen LogP contribution >= 0.6 is 11.6 Å². The van der Waals surface area contributed by atoms with Gasteiger partial charge in [-0.2, -0.15) is 13.2 Å². The standard InChI is InChI=1S/C13H17ClF3N/c1-10(5-4-8-13(15,16)17)18-9-11-6-2-3-7-12(11)14/h2-3,6-7,10,18H,4-5,8-9H2,1H3. The van der Waals surface area contributed by atoms with Gasteiger partial charge in [-0.3, -0.25) is 0 Å². The van der Waals surface area contributed by atoms with Gasteiger partial charge in [0.1, 0.15) is 0 Å². The number of alkyl halides is 3. The van der Waals surface area contributed by atoms with Gasteiger partial charge in [-0.25, -0.2) is 0 Å². The topological polar surface area (TPSA) is 12.0 Å². The summed E-state index contributed by atoms with van der Waals surface area (Å²) in [6, 6.07) is 7.48. The summed E-state index contributed by atoms with van der Waals surface area (Å²) >= 11 is 5.98. The Morgan fingerprint density at radius 1 is 1.28 bits per heavy atom. The lowest BCUT2D eigenvalue weighted by Gasteiger charge is -2.15. The number of benzene rings is 1. The summed E-state index contributed by atoms with van der Waals surface area (Å²) in [5, 5.41) is 3.85. The highest BCUT2D eigenvalue weighted by Crippen LogP contribution is 2.22. The molecule has 0 fully saturated rings. The van der Waals surface area contributed by atoms with Crippen LogP contribution in [0.4, 0.5) is 13.2 Å². The molecule has 1 unspecified atom stereocenters. The van der Waals surface area contributed by atoms with Gasteiger partial charge >= 0.3 is 6.18 Å². The summed E-state index contributed by atoms with van der Waals surface area (Å²) in [7, 11) is 0. The predicted molar refractivity (Wildman–Crippen MR) is 67.7 cm³/mol. The molecule has 0 aromatic heterocycles. The van der Waals surface area contributed by atoms with Gasteiger partial charge < -0.3 is 5.32 Å². The maximum Gasteiger partial charge on any atom is 0.389 e. The first-order valence-corrected chi connectivity index (χ1v) is 6.30. The minimum atomic E-state index is -4.05. The molecule has 0 radical (unpaired) electrons. The third-order valence-corrected chi connectivity index (χ3v) is 3.06. The largest absolute Gasteiger partial charge is 0.389 e. The molecular weight excluding hydrogens is 263 g/mol. The molecule has 1 atom stereocenters. The third-order valence-electron chi connectivity index (χ3n) is 2.70. The van der Waals surface area contributed by atoms with Crippen LogP contribution in [0.15, 0.2) is 24.3 Å². The van der Waals surface area contributed by atoms with Crippen molar-refractivity contribution in [3.05, 3.63) is 34.9 Å². The van der Waals surface area contributed by atoms with Gasteiger partial charge in [0.15, 0.2) is 0 Å². The summed E-state index contributed by atoms with van der Waals surface area (Å²) in [5.74, 6) is 0. The molecule has 18 heavy (non-hydrogen) atoms. The number of rotatable bonds is 6. The SMILES string of the molecule is CC(CCCC(F)(F)F)NCc1ccccc1Cl. The second-order valence-corrected chi connectivity index (χ2v) is 4.79. The van der Waals surface area contributed by atoms with Crippen molar-refractivity contribution in [2.75, 3.05) is 0 Å². The number of halogens is 4. The molecule has 5 heteroatoms. The van der Waals surface area contributed by atoms with E-state index in [2.05, 4.69) is 5.32 Å². The Morgan fingerprint density at radius 3 is 2.56 bits per heavy atom. The molecule has 0 aliphatic rings. The van der Waals surface area contributed by atoms with Gasteiger partial charge in [-0.05, 0) is 31.4 Å². The molecule has 1 aromatic rings.